The van der Waals surface area contributed by atoms with Crippen LogP contribution in [0.2, 0.25) is 0 Å². The number of hydrogen-bond donors (Lipinski definition) is 2. The topological polar surface area (TPSA) is 58.0 Å². The number of rotatable bonds is 4. The zero-order valence-corrected chi connectivity index (χ0v) is 15.4. The summed E-state index contributed by atoms with van der Waals surface area (Å²) in [4.78, 5) is 9.94. The van der Waals surface area contributed by atoms with Gasteiger partial charge < -0.3 is 10.4 Å². The lowest BCUT2D eigenvalue weighted by atomic mass is 9.99. The van der Waals surface area contributed by atoms with Gasteiger partial charge in [-0.15, -0.1) is 11.3 Å². The minimum atomic E-state index is -0.198. The molecule has 0 aliphatic rings. The number of nitrogens with zero attached hydrogens (tertiary/aromatic N) is 2. The van der Waals surface area contributed by atoms with Gasteiger partial charge in [0.2, 0.25) is 0 Å². The minimum absolute atomic E-state index is 0.198. The summed E-state index contributed by atoms with van der Waals surface area (Å²) in [5, 5.41) is 17.4. The van der Waals surface area contributed by atoms with Crippen molar-refractivity contribution < 1.29 is 5.11 Å². The molecule has 0 saturated heterocycles. The Bertz CT molecular complexity index is 1070. The Morgan fingerprint density at radius 3 is 2.69 bits per heavy atom. The largest absolute Gasteiger partial charge is 0.505 e. The van der Waals surface area contributed by atoms with E-state index in [0.717, 1.165) is 27.2 Å². The van der Waals surface area contributed by atoms with Crippen LogP contribution in [-0.2, 0) is 0 Å². The summed E-state index contributed by atoms with van der Waals surface area (Å²) in [6.07, 6.45) is 3.49. The standard InChI is InChI=1S/C21H19N3OS/c1-13-7-10-22-17(12-13)24-19(21-14(2)8-11-26-21)16-6-5-15-4-3-9-23-18(15)20(16)25/h3-12,19,25H,1-2H3,(H,22,24)/t19-/m1/s1. The number of fused-ring (bicyclic) bond motifs is 1. The number of hydrogen-bond acceptors (Lipinski definition) is 5. The molecule has 0 aliphatic heterocycles. The molecule has 4 aromatic rings. The number of pyridine rings is 2. The lowest BCUT2D eigenvalue weighted by molar-refractivity contribution is 0.472. The van der Waals surface area contributed by atoms with E-state index in [1.165, 1.54) is 5.56 Å². The second-order valence-corrected chi connectivity index (χ2v) is 7.29. The first-order valence-corrected chi connectivity index (χ1v) is 9.31. The van der Waals surface area contributed by atoms with E-state index in [1.807, 2.05) is 43.3 Å². The number of phenols is 1. The van der Waals surface area contributed by atoms with Crippen LogP contribution < -0.4 is 5.32 Å². The number of aromatic nitrogens is 2. The Labute approximate surface area is 156 Å². The van der Waals surface area contributed by atoms with Crippen molar-refractivity contribution in [3.63, 3.8) is 0 Å². The van der Waals surface area contributed by atoms with Gasteiger partial charge in [0, 0.05) is 28.2 Å². The molecule has 0 fully saturated rings. The second kappa shape index (κ2) is 6.77. The minimum Gasteiger partial charge on any atom is -0.505 e. The third-order valence-corrected chi connectivity index (χ3v) is 5.55. The highest BCUT2D eigenvalue weighted by atomic mass is 32.1. The fourth-order valence-corrected chi connectivity index (χ4v) is 4.10. The molecule has 1 aromatic carbocycles. The molecular formula is C21H19N3OS. The van der Waals surface area contributed by atoms with Crippen molar-refractivity contribution >= 4 is 28.1 Å². The SMILES string of the molecule is Cc1ccnc(N[C@H](c2ccc3cccnc3c2O)c2sccc2C)c1. The van der Waals surface area contributed by atoms with Crippen LogP contribution in [0.4, 0.5) is 5.82 Å². The first kappa shape index (κ1) is 16.5. The maximum Gasteiger partial charge on any atom is 0.147 e. The molecule has 2 N–H and O–H groups in total. The average molecular weight is 361 g/mol. The van der Waals surface area contributed by atoms with Crippen molar-refractivity contribution in [2.45, 2.75) is 19.9 Å². The molecule has 0 unspecified atom stereocenters. The number of benzene rings is 1. The summed E-state index contributed by atoms with van der Waals surface area (Å²) in [7, 11) is 0. The number of phenolic OH excluding ortho intramolecular Hbond substituents is 1. The number of thiophene rings is 1. The first-order chi connectivity index (χ1) is 12.6. The molecule has 26 heavy (non-hydrogen) atoms. The van der Waals surface area contributed by atoms with E-state index in [0.29, 0.717) is 5.52 Å². The van der Waals surface area contributed by atoms with E-state index in [1.54, 1.807) is 23.7 Å². The quantitative estimate of drug-likeness (QED) is 0.523. The Balaban J connectivity index is 1.86. The molecule has 0 aliphatic carbocycles. The van der Waals surface area contributed by atoms with Crippen molar-refractivity contribution in [1.29, 1.82) is 0 Å². The summed E-state index contributed by atoms with van der Waals surface area (Å²) in [6.45, 7) is 4.12. The van der Waals surface area contributed by atoms with Crippen LogP contribution in [0.1, 0.15) is 27.6 Å². The van der Waals surface area contributed by atoms with Gasteiger partial charge in [0.25, 0.3) is 0 Å². The highest BCUT2D eigenvalue weighted by molar-refractivity contribution is 7.10. The number of anilines is 1. The molecule has 4 nitrogen and oxygen atoms in total. The average Bonchev–Trinajstić information content (AvgIpc) is 3.07. The van der Waals surface area contributed by atoms with Gasteiger partial charge in [0.15, 0.2) is 0 Å². The number of nitrogens with one attached hydrogen (secondary N) is 1. The van der Waals surface area contributed by atoms with Crippen molar-refractivity contribution in [3.8, 4) is 5.75 Å². The molecule has 3 heterocycles. The maximum atomic E-state index is 10.9. The van der Waals surface area contributed by atoms with E-state index in [4.69, 9.17) is 0 Å². The molecular weight excluding hydrogens is 342 g/mol. The van der Waals surface area contributed by atoms with Crippen LogP contribution in [-0.4, -0.2) is 15.1 Å². The summed E-state index contributed by atoms with van der Waals surface area (Å²) >= 11 is 1.67. The Morgan fingerprint density at radius 1 is 1.04 bits per heavy atom. The predicted octanol–water partition coefficient (Wildman–Crippen LogP) is 5.22. The summed E-state index contributed by atoms with van der Waals surface area (Å²) in [5.41, 5.74) is 3.72. The highest BCUT2D eigenvalue weighted by Gasteiger charge is 2.22. The molecule has 5 heteroatoms. The third-order valence-electron chi connectivity index (χ3n) is 4.46. The molecule has 130 valence electrons. The lowest BCUT2D eigenvalue weighted by Gasteiger charge is -2.21. The Morgan fingerprint density at radius 2 is 1.92 bits per heavy atom. The van der Waals surface area contributed by atoms with Crippen LogP contribution >= 0.6 is 11.3 Å². The van der Waals surface area contributed by atoms with Crippen molar-refractivity contribution in [2.24, 2.45) is 0 Å². The maximum absolute atomic E-state index is 10.9. The molecule has 0 bridgehead atoms. The van der Waals surface area contributed by atoms with Gasteiger partial charge in [-0.2, -0.15) is 0 Å². The van der Waals surface area contributed by atoms with Crippen molar-refractivity contribution in [2.75, 3.05) is 5.32 Å². The molecule has 0 saturated carbocycles. The van der Waals surface area contributed by atoms with E-state index in [9.17, 15) is 5.11 Å². The number of aryl methyl sites for hydroxylation is 2. The molecule has 0 radical (unpaired) electrons. The normalized spacial score (nSPS) is 12.2. The highest BCUT2D eigenvalue weighted by Crippen LogP contribution is 2.39. The first-order valence-electron chi connectivity index (χ1n) is 8.43. The van der Waals surface area contributed by atoms with Crippen molar-refractivity contribution in [1.82, 2.24) is 9.97 Å². The lowest BCUT2D eigenvalue weighted by Crippen LogP contribution is -2.13. The molecule has 0 amide bonds. The van der Waals surface area contributed by atoms with E-state index >= 15 is 0 Å². The van der Waals surface area contributed by atoms with Gasteiger partial charge in [0.1, 0.15) is 17.1 Å². The molecule has 3 aromatic heterocycles. The number of aromatic hydroxyl groups is 1. The van der Waals surface area contributed by atoms with E-state index in [-0.39, 0.29) is 11.8 Å². The van der Waals surface area contributed by atoms with Gasteiger partial charge in [-0.1, -0.05) is 18.2 Å². The fraction of sp³-hybridized carbons (Fsp3) is 0.143. The molecule has 0 spiro atoms. The smallest absolute Gasteiger partial charge is 0.147 e. The summed E-state index contributed by atoms with van der Waals surface area (Å²) < 4.78 is 0. The van der Waals surface area contributed by atoms with Gasteiger partial charge in [-0.05, 0) is 54.6 Å². The zero-order chi connectivity index (χ0) is 18.1. The molecule has 1 atom stereocenters. The van der Waals surface area contributed by atoms with Gasteiger partial charge in [-0.25, -0.2) is 4.98 Å². The predicted molar refractivity (Wildman–Crippen MR) is 107 cm³/mol. The second-order valence-electron chi connectivity index (χ2n) is 6.34. The van der Waals surface area contributed by atoms with Gasteiger partial charge in [-0.3, -0.25) is 4.98 Å². The Kier molecular flexibility index (Phi) is 4.31. The Hall–Kier alpha value is -2.92. The van der Waals surface area contributed by atoms with E-state index < -0.39 is 0 Å². The monoisotopic (exact) mass is 361 g/mol. The van der Waals surface area contributed by atoms with Crippen LogP contribution in [0.5, 0.6) is 5.75 Å². The fourth-order valence-electron chi connectivity index (χ4n) is 3.11. The van der Waals surface area contributed by atoms with Crippen LogP contribution in [0.25, 0.3) is 10.9 Å². The van der Waals surface area contributed by atoms with Crippen LogP contribution in [0.3, 0.4) is 0 Å². The summed E-state index contributed by atoms with van der Waals surface area (Å²) in [5.74, 6) is 0.990. The molecule has 4 rings (SSSR count). The third kappa shape index (κ3) is 3.02. The van der Waals surface area contributed by atoms with E-state index in [2.05, 4.69) is 33.7 Å². The van der Waals surface area contributed by atoms with Crippen molar-refractivity contribution in [3.05, 3.63) is 81.8 Å². The summed E-state index contributed by atoms with van der Waals surface area (Å²) in [6, 6.07) is 13.7. The van der Waals surface area contributed by atoms with Gasteiger partial charge in [0.05, 0.1) is 6.04 Å². The van der Waals surface area contributed by atoms with Crippen LogP contribution in [0.15, 0.2) is 60.2 Å². The zero-order valence-electron chi connectivity index (χ0n) is 14.6. The van der Waals surface area contributed by atoms with Crippen LogP contribution in [0, 0.1) is 13.8 Å². The van der Waals surface area contributed by atoms with Gasteiger partial charge >= 0.3 is 0 Å².